The molecule has 0 aliphatic carbocycles. The number of hydrogen-bond acceptors (Lipinski definition) is 5. The molecule has 0 amide bonds. The van der Waals surface area contributed by atoms with Crippen LogP contribution in [0.3, 0.4) is 0 Å². The van der Waals surface area contributed by atoms with Gasteiger partial charge in [-0.2, -0.15) is 10.2 Å². The summed E-state index contributed by atoms with van der Waals surface area (Å²) >= 11 is 0. The third-order valence-corrected chi connectivity index (χ3v) is 6.95. The summed E-state index contributed by atoms with van der Waals surface area (Å²) in [4.78, 5) is 0.293. The topological polar surface area (TPSA) is 79.0 Å². The standard InChI is InChI=1S/C23H24N4O3S/c1-3-21-20-9-4-16(14-23(20)27(25-21)18-11-13-30-15-18)22-10-12-24-26(22)17-5-7-19(8-6-17)31(2,28)29/h4-10,12,14,18H,3,11,13,15H2,1-2H3. The predicted molar refractivity (Wildman–Crippen MR) is 119 cm³/mol. The van der Waals surface area contributed by atoms with Crippen molar-refractivity contribution in [3.8, 4) is 16.9 Å². The summed E-state index contributed by atoms with van der Waals surface area (Å²) in [7, 11) is -3.24. The second kappa shape index (κ2) is 7.62. The Morgan fingerprint density at radius 3 is 2.61 bits per heavy atom. The minimum atomic E-state index is -3.24. The zero-order valence-corrected chi connectivity index (χ0v) is 18.3. The molecular formula is C23H24N4O3S. The van der Waals surface area contributed by atoms with Gasteiger partial charge in [0.25, 0.3) is 0 Å². The fourth-order valence-corrected chi connectivity index (χ4v) is 4.81. The van der Waals surface area contributed by atoms with E-state index in [2.05, 4.69) is 34.9 Å². The van der Waals surface area contributed by atoms with Crippen molar-refractivity contribution in [1.82, 2.24) is 19.6 Å². The summed E-state index contributed by atoms with van der Waals surface area (Å²) in [5, 5.41) is 10.5. The Labute approximate surface area is 181 Å². The van der Waals surface area contributed by atoms with Crippen LogP contribution in [0.25, 0.3) is 27.8 Å². The second-order valence-corrected chi connectivity index (χ2v) is 9.90. The highest BCUT2D eigenvalue weighted by atomic mass is 32.2. The molecule has 7 nitrogen and oxygen atoms in total. The van der Waals surface area contributed by atoms with Crippen molar-refractivity contribution in [2.75, 3.05) is 19.5 Å². The van der Waals surface area contributed by atoms with Crippen LogP contribution >= 0.6 is 0 Å². The number of hydrogen-bond donors (Lipinski definition) is 0. The van der Waals surface area contributed by atoms with E-state index in [1.165, 1.54) is 11.6 Å². The molecule has 0 spiro atoms. The highest BCUT2D eigenvalue weighted by Gasteiger charge is 2.22. The molecule has 8 heteroatoms. The summed E-state index contributed by atoms with van der Waals surface area (Å²) in [6, 6.07) is 15.4. The quantitative estimate of drug-likeness (QED) is 0.475. The van der Waals surface area contributed by atoms with Crippen molar-refractivity contribution in [2.24, 2.45) is 0 Å². The number of sulfone groups is 1. The molecule has 1 aliphatic rings. The fourth-order valence-electron chi connectivity index (χ4n) is 4.18. The molecule has 31 heavy (non-hydrogen) atoms. The molecule has 5 rings (SSSR count). The van der Waals surface area contributed by atoms with Gasteiger partial charge in [-0.3, -0.25) is 4.68 Å². The van der Waals surface area contributed by atoms with Crippen LogP contribution < -0.4 is 0 Å². The predicted octanol–water partition coefficient (Wildman–Crippen LogP) is 3.82. The minimum Gasteiger partial charge on any atom is -0.379 e. The van der Waals surface area contributed by atoms with Crippen LogP contribution in [0.15, 0.2) is 59.6 Å². The Hall–Kier alpha value is -2.97. The number of aromatic nitrogens is 4. The lowest BCUT2D eigenvalue weighted by Gasteiger charge is -2.12. The van der Waals surface area contributed by atoms with Gasteiger partial charge in [0.1, 0.15) is 0 Å². The van der Waals surface area contributed by atoms with E-state index >= 15 is 0 Å². The molecule has 0 saturated carbocycles. The zero-order chi connectivity index (χ0) is 21.6. The molecule has 1 fully saturated rings. The Bertz CT molecular complexity index is 1350. The van der Waals surface area contributed by atoms with E-state index in [1.54, 1.807) is 30.5 Å². The van der Waals surface area contributed by atoms with Crippen molar-refractivity contribution in [1.29, 1.82) is 0 Å². The molecule has 160 valence electrons. The van der Waals surface area contributed by atoms with E-state index in [-0.39, 0.29) is 6.04 Å². The van der Waals surface area contributed by atoms with E-state index in [4.69, 9.17) is 9.84 Å². The average molecular weight is 437 g/mol. The van der Waals surface area contributed by atoms with Crippen LogP contribution in [0, 0.1) is 0 Å². The van der Waals surface area contributed by atoms with Crippen LogP contribution in [0.4, 0.5) is 0 Å². The molecular weight excluding hydrogens is 412 g/mol. The van der Waals surface area contributed by atoms with Gasteiger partial charge in [-0.05, 0) is 49.2 Å². The van der Waals surface area contributed by atoms with Gasteiger partial charge in [0, 0.05) is 23.8 Å². The fraction of sp³-hybridized carbons (Fsp3) is 0.304. The highest BCUT2D eigenvalue weighted by Crippen LogP contribution is 2.31. The van der Waals surface area contributed by atoms with Gasteiger partial charge < -0.3 is 4.74 Å². The Kier molecular flexibility index (Phi) is 4.91. The lowest BCUT2D eigenvalue weighted by atomic mass is 10.1. The van der Waals surface area contributed by atoms with Crippen LogP contribution in [0.1, 0.15) is 25.1 Å². The molecule has 1 unspecified atom stereocenters. The lowest BCUT2D eigenvalue weighted by molar-refractivity contribution is 0.185. The summed E-state index contributed by atoms with van der Waals surface area (Å²) < 4.78 is 33.1. The highest BCUT2D eigenvalue weighted by molar-refractivity contribution is 7.90. The molecule has 4 aromatic rings. The SMILES string of the molecule is CCc1nn(C2CCOC2)c2cc(-c3ccnn3-c3ccc(S(C)(=O)=O)cc3)ccc12. The molecule has 2 aromatic carbocycles. The van der Waals surface area contributed by atoms with Crippen LogP contribution in [-0.2, 0) is 21.0 Å². The number of ether oxygens (including phenoxy) is 1. The smallest absolute Gasteiger partial charge is 0.175 e. The molecule has 2 aromatic heterocycles. The molecule has 1 atom stereocenters. The van der Waals surface area contributed by atoms with Crippen molar-refractivity contribution in [3.05, 3.63) is 60.4 Å². The lowest BCUT2D eigenvalue weighted by Crippen LogP contribution is -2.10. The van der Waals surface area contributed by atoms with Crippen LogP contribution in [-0.4, -0.2) is 47.4 Å². The number of aryl methyl sites for hydroxylation is 1. The Morgan fingerprint density at radius 2 is 1.94 bits per heavy atom. The minimum absolute atomic E-state index is 0.256. The van der Waals surface area contributed by atoms with Gasteiger partial charge in [-0.25, -0.2) is 13.1 Å². The van der Waals surface area contributed by atoms with E-state index in [1.807, 2.05) is 10.7 Å². The molecule has 0 bridgehead atoms. The van der Waals surface area contributed by atoms with E-state index in [0.29, 0.717) is 11.5 Å². The average Bonchev–Trinajstić information content (AvgIpc) is 3.51. The van der Waals surface area contributed by atoms with Crippen LogP contribution in [0.5, 0.6) is 0 Å². The van der Waals surface area contributed by atoms with Crippen molar-refractivity contribution >= 4 is 20.7 Å². The Morgan fingerprint density at radius 1 is 1.13 bits per heavy atom. The van der Waals surface area contributed by atoms with Gasteiger partial charge in [0.05, 0.1) is 46.3 Å². The maximum absolute atomic E-state index is 11.8. The van der Waals surface area contributed by atoms with Gasteiger partial charge in [0.2, 0.25) is 0 Å². The van der Waals surface area contributed by atoms with Gasteiger partial charge in [0.15, 0.2) is 9.84 Å². The first-order valence-electron chi connectivity index (χ1n) is 10.4. The Balaban J connectivity index is 1.59. The van der Waals surface area contributed by atoms with Gasteiger partial charge in [-0.15, -0.1) is 0 Å². The molecule has 1 aliphatic heterocycles. The van der Waals surface area contributed by atoms with Crippen molar-refractivity contribution < 1.29 is 13.2 Å². The summed E-state index contributed by atoms with van der Waals surface area (Å²) in [6.45, 7) is 3.58. The third-order valence-electron chi connectivity index (χ3n) is 5.82. The molecule has 0 N–H and O–H groups in total. The van der Waals surface area contributed by atoms with Gasteiger partial charge >= 0.3 is 0 Å². The summed E-state index contributed by atoms with van der Waals surface area (Å²) in [5.74, 6) is 0. The first-order chi connectivity index (χ1) is 15.0. The number of fused-ring (bicyclic) bond motifs is 1. The maximum Gasteiger partial charge on any atom is 0.175 e. The summed E-state index contributed by atoms with van der Waals surface area (Å²) in [6.07, 6.45) is 4.80. The zero-order valence-electron chi connectivity index (χ0n) is 17.5. The van der Waals surface area contributed by atoms with Gasteiger partial charge in [-0.1, -0.05) is 19.1 Å². The molecule has 3 heterocycles. The normalized spacial score (nSPS) is 16.9. The summed E-state index contributed by atoms with van der Waals surface area (Å²) in [5.41, 5.74) is 4.96. The second-order valence-electron chi connectivity index (χ2n) is 7.89. The first-order valence-corrected chi connectivity index (χ1v) is 12.3. The largest absolute Gasteiger partial charge is 0.379 e. The molecule has 0 radical (unpaired) electrons. The van der Waals surface area contributed by atoms with Crippen molar-refractivity contribution in [2.45, 2.75) is 30.7 Å². The van der Waals surface area contributed by atoms with E-state index in [0.717, 1.165) is 47.6 Å². The monoisotopic (exact) mass is 436 g/mol. The number of benzene rings is 2. The van der Waals surface area contributed by atoms with E-state index < -0.39 is 9.84 Å². The third kappa shape index (κ3) is 3.55. The number of rotatable bonds is 5. The van der Waals surface area contributed by atoms with E-state index in [9.17, 15) is 8.42 Å². The van der Waals surface area contributed by atoms with Crippen LogP contribution in [0.2, 0.25) is 0 Å². The molecule has 1 saturated heterocycles. The first kappa shape index (κ1) is 20.0. The maximum atomic E-state index is 11.8. The van der Waals surface area contributed by atoms with Crippen molar-refractivity contribution in [3.63, 3.8) is 0 Å². The number of nitrogens with zero attached hydrogens (tertiary/aromatic N) is 4.